The van der Waals surface area contributed by atoms with Crippen molar-refractivity contribution in [2.24, 2.45) is 0 Å². The molecule has 4 heteroatoms. The Kier molecular flexibility index (Phi) is 7.39. The predicted octanol–water partition coefficient (Wildman–Crippen LogP) is 3.83. The first-order valence-corrected chi connectivity index (χ1v) is 8.41. The lowest BCUT2D eigenvalue weighted by atomic mass is 10.2. The summed E-state index contributed by atoms with van der Waals surface area (Å²) in [5.74, 6) is 0. The van der Waals surface area contributed by atoms with E-state index in [1.807, 2.05) is 11.3 Å². The highest BCUT2D eigenvalue weighted by Gasteiger charge is 2.16. The average Bonchev–Trinajstić information content (AvgIpc) is 2.74. The van der Waals surface area contributed by atoms with E-state index in [0.717, 1.165) is 32.5 Å². The van der Waals surface area contributed by atoms with Crippen LogP contribution in [-0.2, 0) is 13.0 Å². The highest BCUT2D eigenvalue weighted by atomic mass is 32.1. The van der Waals surface area contributed by atoms with E-state index < -0.39 is 0 Å². The Bertz CT molecular complexity index is 360. The Morgan fingerprint density at radius 1 is 1.21 bits per heavy atom. The van der Waals surface area contributed by atoms with Gasteiger partial charge >= 0.3 is 0 Å². The molecule has 0 saturated carbocycles. The molecule has 3 nitrogen and oxygen atoms in total. The number of aromatic nitrogens is 1. The maximum Gasteiger partial charge on any atom is 0.186 e. The van der Waals surface area contributed by atoms with Crippen LogP contribution in [0.4, 0.5) is 5.13 Å². The highest BCUT2D eigenvalue weighted by molar-refractivity contribution is 7.15. The van der Waals surface area contributed by atoms with E-state index >= 15 is 0 Å². The zero-order valence-electron chi connectivity index (χ0n) is 13.1. The number of rotatable bonds is 9. The summed E-state index contributed by atoms with van der Waals surface area (Å²) in [5.41, 5.74) is 1.30. The molecule has 19 heavy (non-hydrogen) atoms. The van der Waals surface area contributed by atoms with Crippen molar-refractivity contribution in [3.05, 3.63) is 10.6 Å². The molecule has 0 aliphatic rings. The minimum atomic E-state index is 0.516. The third-order valence-electron chi connectivity index (χ3n) is 3.18. The standard InChI is InChI=1S/C15H29N3S/c1-6-9-13-14(11-16-10-7-2)19-15(17-13)18(8-3)12(4)5/h12,16H,6-11H2,1-5H3. The van der Waals surface area contributed by atoms with Gasteiger partial charge in [0.05, 0.1) is 5.69 Å². The molecule has 0 unspecified atom stereocenters. The van der Waals surface area contributed by atoms with Gasteiger partial charge in [0.15, 0.2) is 5.13 Å². The molecule has 0 aliphatic heterocycles. The van der Waals surface area contributed by atoms with Crippen molar-refractivity contribution in [2.75, 3.05) is 18.0 Å². The van der Waals surface area contributed by atoms with Crippen molar-refractivity contribution in [3.63, 3.8) is 0 Å². The lowest BCUT2D eigenvalue weighted by Crippen LogP contribution is -2.30. The number of aryl methyl sites for hydroxylation is 1. The van der Waals surface area contributed by atoms with Crippen LogP contribution in [0.25, 0.3) is 0 Å². The molecule has 0 amide bonds. The largest absolute Gasteiger partial charge is 0.346 e. The summed E-state index contributed by atoms with van der Waals surface area (Å²) in [6.07, 6.45) is 3.44. The van der Waals surface area contributed by atoms with Crippen LogP contribution in [0.1, 0.15) is 58.0 Å². The zero-order valence-corrected chi connectivity index (χ0v) is 13.9. The Morgan fingerprint density at radius 3 is 2.47 bits per heavy atom. The van der Waals surface area contributed by atoms with Gasteiger partial charge < -0.3 is 10.2 Å². The molecule has 0 radical (unpaired) electrons. The Balaban J connectivity index is 2.85. The van der Waals surface area contributed by atoms with Crippen LogP contribution in [0.15, 0.2) is 0 Å². The van der Waals surface area contributed by atoms with E-state index in [2.05, 4.69) is 44.8 Å². The van der Waals surface area contributed by atoms with Gasteiger partial charge in [-0.25, -0.2) is 4.98 Å². The summed E-state index contributed by atoms with van der Waals surface area (Å²) >= 11 is 1.86. The number of thiazole rings is 1. The lowest BCUT2D eigenvalue weighted by molar-refractivity contribution is 0.674. The molecule has 0 aromatic carbocycles. The molecule has 1 heterocycles. The van der Waals surface area contributed by atoms with Crippen LogP contribution in [0, 0.1) is 0 Å². The van der Waals surface area contributed by atoms with Crippen LogP contribution in [0.3, 0.4) is 0 Å². The third-order valence-corrected chi connectivity index (χ3v) is 4.31. The smallest absolute Gasteiger partial charge is 0.186 e. The Hall–Kier alpha value is -0.610. The number of hydrogen-bond acceptors (Lipinski definition) is 4. The van der Waals surface area contributed by atoms with Gasteiger partial charge in [-0.1, -0.05) is 20.3 Å². The maximum atomic E-state index is 4.88. The summed E-state index contributed by atoms with van der Waals surface area (Å²) in [4.78, 5) is 8.68. The summed E-state index contributed by atoms with van der Waals surface area (Å²) in [7, 11) is 0. The summed E-state index contributed by atoms with van der Waals surface area (Å²) in [5, 5.41) is 4.69. The molecule has 1 aromatic rings. The topological polar surface area (TPSA) is 28.2 Å². The second-order valence-electron chi connectivity index (χ2n) is 5.17. The molecule has 0 atom stereocenters. The van der Waals surface area contributed by atoms with Crippen LogP contribution in [0.5, 0.6) is 0 Å². The molecular formula is C15H29N3S. The van der Waals surface area contributed by atoms with Crippen LogP contribution >= 0.6 is 11.3 Å². The molecule has 0 aliphatic carbocycles. The fourth-order valence-corrected chi connectivity index (χ4v) is 3.44. The fourth-order valence-electron chi connectivity index (χ4n) is 2.16. The number of nitrogens with zero attached hydrogens (tertiary/aromatic N) is 2. The molecule has 0 spiro atoms. The monoisotopic (exact) mass is 283 g/mol. The normalized spacial score (nSPS) is 11.3. The summed E-state index contributed by atoms with van der Waals surface area (Å²) < 4.78 is 0. The van der Waals surface area contributed by atoms with E-state index in [0.29, 0.717) is 6.04 Å². The molecule has 1 rings (SSSR count). The molecule has 110 valence electrons. The van der Waals surface area contributed by atoms with Crippen molar-refractivity contribution in [1.82, 2.24) is 10.3 Å². The van der Waals surface area contributed by atoms with Crippen LogP contribution in [-0.4, -0.2) is 24.1 Å². The first-order chi connectivity index (χ1) is 9.13. The second-order valence-corrected chi connectivity index (χ2v) is 6.23. The SMILES string of the molecule is CCCNCc1sc(N(CC)C(C)C)nc1CCC. The molecule has 1 N–H and O–H groups in total. The average molecular weight is 283 g/mol. The van der Waals surface area contributed by atoms with E-state index in [1.165, 1.54) is 22.1 Å². The quantitative estimate of drug-likeness (QED) is 0.698. The molecule has 0 fully saturated rings. The molecule has 0 saturated heterocycles. The van der Waals surface area contributed by atoms with Crippen molar-refractivity contribution < 1.29 is 0 Å². The first kappa shape index (κ1) is 16.4. The third kappa shape index (κ3) is 4.77. The van der Waals surface area contributed by atoms with Gasteiger partial charge in [0.2, 0.25) is 0 Å². The highest BCUT2D eigenvalue weighted by Crippen LogP contribution is 2.28. The van der Waals surface area contributed by atoms with E-state index in [4.69, 9.17) is 4.98 Å². The minimum absolute atomic E-state index is 0.516. The van der Waals surface area contributed by atoms with Crippen molar-refractivity contribution >= 4 is 16.5 Å². The van der Waals surface area contributed by atoms with Crippen molar-refractivity contribution in [3.8, 4) is 0 Å². The van der Waals surface area contributed by atoms with Crippen molar-refractivity contribution in [1.29, 1.82) is 0 Å². The number of hydrogen-bond donors (Lipinski definition) is 1. The van der Waals surface area contributed by atoms with Gasteiger partial charge in [0.1, 0.15) is 0 Å². The minimum Gasteiger partial charge on any atom is -0.346 e. The number of nitrogens with one attached hydrogen (secondary N) is 1. The summed E-state index contributed by atoms with van der Waals surface area (Å²) in [6.45, 7) is 14.2. The maximum absolute atomic E-state index is 4.88. The Morgan fingerprint density at radius 2 is 1.95 bits per heavy atom. The summed E-state index contributed by atoms with van der Waals surface area (Å²) in [6, 6.07) is 0.516. The molecule has 0 bridgehead atoms. The van der Waals surface area contributed by atoms with Crippen molar-refractivity contribution in [2.45, 2.75) is 66.5 Å². The van der Waals surface area contributed by atoms with Gasteiger partial charge in [-0.05, 0) is 40.2 Å². The fraction of sp³-hybridized carbons (Fsp3) is 0.800. The first-order valence-electron chi connectivity index (χ1n) is 7.59. The van der Waals surface area contributed by atoms with Gasteiger partial charge in [0, 0.05) is 24.0 Å². The van der Waals surface area contributed by atoms with Gasteiger partial charge in [0.25, 0.3) is 0 Å². The van der Waals surface area contributed by atoms with E-state index in [9.17, 15) is 0 Å². The van der Waals surface area contributed by atoms with Crippen LogP contribution in [0.2, 0.25) is 0 Å². The van der Waals surface area contributed by atoms with Crippen LogP contribution < -0.4 is 10.2 Å². The van der Waals surface area contributed by atoms with E-state index in [-0.39, 0.29) is 0 Å². The lowest BCUT2D eigenvalue weighted by Gasteiger charge is -2.24. The Labute approximate surface area is 122 Å². The van der Waals surface area contributed by atoms with Gasteiger partial charge in [-0.15, -0.1) is 11.3 Å². The van der Waals surface area contributed by atoms with E-state index in [1.54, 1.807) is 0 Å². The van der Waals surface area contributed by atoms with Gasteiger partial charge in [-0.2, -0.15) is 0 Å². The molecular weight excluding hydrogens is 254 g/mol. The zero-order chi connectivity index (χ0) is 14.3. The second kappa shape index (κ2) is 8.54. The van der Waals surface area contributed by atoms with Gasteiger partial charge in [-0.3, -0.25) is 0 Å². The number of anilines is 1. The predicted molar refractivity (Wildman–Crippen MR) is 86.3 cm³/mol. The molecule has 1 aromatic heterocycles.